The Morgan fingerprint density at radius 3 is 1.22 bits per heavy atom. The quantitative estimate of drug-likeness (QED) is 0.0325. The first-order valence-electron chi connectivity index (χ1n) is 21.6. The van der Waals surface area contributed by atoms with Crippen molar-refractivity contribution in [2.75, 3.05) is 6.61 Å². The predicted molar refractivity (Wildman–Crippen MR) is 210 cm³/mol. The molecule has 0 saturated carbocycles. The highest BCUT2D eigenvalue weighted by atomic mass is 16.3. The van der Waals surface area contributed by atoms with Crippen LogP contribution in [0.1, 0.15) is 226 Å². The zero-order chi connectivity index (χ0) is 36.0. The van der Waals surface area contributed by atoms with Crippen LogP contribution in [-0.4, -0.2) is 57.3 Å². The van der Waals surface area contributed by atoms with Gasteiger partial charge in [0.05, 0.1) is 18.8 Å². The van der Waals surface area contributed by atoms with Crippen LogP contribution in [0.2, 0.25) is 0 Å². The fraction of sp³-hybridized carbons (Fsp3) is 0.930. The second-order valence-corrected chi connectivity index (χ2v) is 15.0. The van der Waals surface area contributed by atoms with E-state index in [1.807, 2.05) is 0 Å². The van der Waals surface area contributed by atoms with E-state index in [1.165, 1.54) is 161 Å². The minimum atomic E-state index is -1.28. The van der Waals surface area contributed by atoms with Gasteiger partial charge in [-0.3, -0.25) is 4.79 Å². The fourth-order valence-corrected chi connectivity index (χ4v) is 6.76. The summed E-state index contributed by atoms with van der Waals surface area (Å²) < 4.78 is 0. The Balaban J connectivity index is 3.71. The second kappa shape index (κ2) is 38.3. The van der Waals surface area contributed by atoms with Gasteiger partial charge in [0.2, 0.25) is 5.91 Å². The number of carbonyl (C=O) groups is 1. The highest BCUT2D eigenvalue weighted by molar-refractivity contribution is 5.80. The third-order valence-electron chi connectivity index (χ3n) is 10.2. The average Bonchev–Trinajstić information content (AvgIpc) is 3.11. The Morgan fingerprint density at radius 1 is 0.490 bits per heavy atom. The molecule has 0 aromatic rings. The molecule has 0 heterocycles. The van der Waals surface area contributed by atoms with Crippen molar-refractivity contribution in [2.24, 2.45) is 0 Å². The summed E-state index contributed by atoms with van der Waals surface area (Å²) in [6.45, 7) is 4.03. The van der Waals surface area contributed by atoms with Crippen LogP contribution in [0.5, 0.6) is 0 Å². The molecule has 0 saturated heterocycles. The Kier molecular flexibility index (Phi) is 37.5. The van der Waals surface area contributed by atoms with E-state index < -0.39 is 36.9 Å². The van der Waals surface area contributed by atoms with Crippen LogP contribution in [0.25, 0.3) is 0 Å². The summed E-state index contributed by atoms with van der Waals surface area (Å²) in [6, 6.07) is -0.996. The Labute approximate surface area is 304 Å². The van der Waals surface area contributed by atoms with Gasteiger partial charge in [0.15, 0.2) is 0 Å². The Bertz CT molecular complexity index is 702. The van der Waals surface area contributed by atoms with Crippen molar-refractivity contribution in [3.63, 3.8) is 0 Å². The Morgan fingerprint density at radius 2 is 0.837 bits per heavy atom. The number of hydrogen-bond acceptors (Lipinski definition) is 5. The maximum atomic E-state index is 12.5. The largest absolute Gasteiger partial charge is 0.394 e. The van der Waals surface area contributed by atoms with Gasteiger partial charge in [0.1, 0.15) is 12.2 Å². The van der Waals surface area contributed by atoms with E-state index in [1.54, 1.807) is 0 Å². The summed E-state index contributed by atoms with van der Waals surface area (Å²) in [4.78, 5) is 12.5. The topological polar surface area (TPSA) is 110 Å². The van der Waals surface area contributed by atoms with E-state index in [4.69, 9.17) is 0 Å². The summed E-state index contributed by atoms with van der Waals surface area (Å²) in [5, 5.41) is 43.5. The lowest BCUT2D eigenvalue weighted by Crippen LogP contribution is -2.53. The van der Waals surface area contributed by atoms with Crippen molar-refractivity contribution in [1.29, 1.82) is 0 Å². The normalized spacial score (nSPS) is 14.3. The molecule has 0 radical (unpaired) electrons. The van der Waals surface area contributed by atoms with E-state index in [2.05, 4.69) is 31.3 Å². The minimum Gasteiger partial charge on any atom is -0.394 e. The van der Waals surface area contributed by atoms with Crippen LogP contribution < -0.4 is 5.32 Å². The maximum absolute atomic E-state index is 12.5. The maximum Gasteiger partial charge on any atom is 0.249 e. The van der Waals surface area contributed by atoms with Crippen molar-refractivity contribution in [1.82, 2.24) is 5.32 Å². The van der Waals surface area contributed by atoms with Gasteiger partial charge in [-0.2, -0.15) is 0 Å². The summed E-state index contributed by atoms with van der Waals surface area (Å²) in [7, 11) is 0. The highest BCUT2D eigenvalue weighted by Gasteiger charge is 2.28. The van der Waals surface area contributed by atoms with Gasteiger partial charge in [-0.15, -0.1) is 0 Å². The lowest BCUT2D eigenvalue weighted by atomic mass is 10.00. The first-order valence-corrected chi connectivity index (χ1v) is 21.6. The highest BCUT2D eigenvalue weighted by Crippen LogP contribution is 2.16. The van der Waals surface area contributed by atoms with Gasteiger partial charge in [-0.05, 0) is 38.5 Å². The molecule has 0 aliphatic rings. The summed E-state index contributed by atoms with van der Waals surface area (Å²) >= 11 is 0. The summed E-state index contributed by atoms with van der Waals surface area (Å²) in [5.41, 5.74) is 0. The SMILES string of the molecule is CCCCCCCCC/C=C/CCCC(O)C(O)C(CO)NC(=O)C(O)CCCCCCCCCCCCCCCCCCCCCCC. The first-order chi connectivity index (χ1) is 24.0. The molecular weight excluding hydrogens is 610 g/mol. The number of hydrogen-bond donors (Lipinski definition) is 5. The van der Waals surface area contributed by atoms with E-state index in [9.17, 15) is 25.2 Å². The smallest absolute Gasteiger partial charge is 0.249 e. The average molecular weight is 696 g/mol. The molecule has 49 heavy (non-hydrogen) atoms. The van der Waals surface area contributed by atoms with Gasteiger partial charge in [0, 0.05) is 0 Å². The van der Waals surface area contributed by atoms with Crippen molar-refractivity contribution in [2.45, 2.75) is 250 Å². The van der Waals surface area contributed by atoms with E-state index in [-0.39, 0.29) is 0 Å². The van der Waals surface area contributed by atoms with Gasteiger partial charge in [-0.1, -0.05) is 199 Å². The van der Waals surface area contributed by atoms with Crippen molar-refractivity contribution in [3.05, 3.63) is 12.2 Å². The molecule has 6 heteroatoms. The molecule has 0 spiro atoms. The van der Waals surface area contributed by atoms with Crippen LogP contribution in [0, 0.1) is 0 Å². The molecule has 5 N–H and O–H groups in total. The monoisotopic (exact) mass is 696 g/mol. The van der Waals surface area contributed by atoms with Crippen molar-refractivity contribution >= 4 is 5.91 Å². The number of allylic oxidation sites excluding steroid dienone is 2. The fourth-order valence-electron chi connectivity index (χ4n) is 6.76. The molecule has 292 valence electrons. The lowest BCUT2D eigenvalue weighted by molar-refractivity contribution is -0.132. The number of amides is 1. The second-order valence-electron chi connectivity index (χ2n) is 15.0. The van der Waals surface area contributed by atoms with Crippen LogP contribution in [0.4, 0.5) is 0 Å². The molecule has 0 bridgehead atoms. The molecule has 4 atom stereocenters. The number of rotatable bonds is 39. The molecule has 0 aliphatic heterocycles. The minimum absolute atomic E-state index is 0.368. The molecule has 0 aromatic carbocycles. The van der Waals surface area contributed by atoms with E-state index in [0.29, 0.717) is 12.8 Å². The number of unbranched alkanes of at least 4 members (excludes halogenated alkanes) is 28. The number of nitrogens with one attached hydrogen (secondary N) is 1. The standard InChI is InChI=1S/C43H85NO5/c1-3-5-7-9-11-13-15-17-18-19-20-21-22-23-24-25-27-29-31-33-35-37-41(47)43(49)44-39(38-45)42(48)40(46)36-34-32-30-28-26-16-14-12-10-8-6-4-2/h28,30,39-42,45-48H,3-27,29,31-38H2,1-2H3,(H,44,49)/b30-28+. The van der Waals surface area contributed by atoms with Crippen LogP contribution in [0.3, 0.4) is 0 Å². The van der Waals surface area contributed by atoms with Gasteiger partial charge < -0.3 is 25.7 Å². The van der Waals surface area contributed by atoms with Crippen molar-refractivity contribution < 1.29 is 25.2 Å². The number of carbonyl (C=O) groups excluding carboxylic acids is 1. The zero-order valence-electron chi connectivity index (χ0n) is 32.7. The molecule has 6 nitrogen and oxygen atoms in total. The summed E-state index contributed by atoms with van der Waals surface area (Å²) in [6.07, 6.45) is 41.0. The van der Waals surface area contributed by atoms with Gasteiger partial charge in [-0.25, -0.2) is 0 Å². The predicted octanol–water partition coefficient (Wildman–Crippen LogP) is 11.0. The molecule has 4 unspecified atom stereocenters. The van der Waals surface area contributed by atoms with Crippen LogP contribution >= 0.6 is 0 Å². The number of aliphatic hydroxyl groups excluding tert-OH is 4. The molecular formula is C43H85NO5. The third-order valence-corrected chi connectivity index (χ3v) is 10.2. The summed E-state index contributed by atoms with van der Waals surface area (Å²) in [5.74, 6) is -0.591. The molecule has 0 aliphatic carbocycles. The molecule has 0 aromatic heterocycles. The molecule has 0 fully saturated rings. The third kappa shape index (κ3) is 32.7. The number of aliphatic hydroxyl groups is 4. The first kappa shape index (κ1) is 48.0. The van der Waals surface area contributed by atoms with E-state index in [0.717, 1.165) is 38.5 Å². The van der Waals surface area contributed by atoms with Gasteiger partial charge >= 0.3 is 0 Å². The molecule has 0 rings (SSSR count). The lowest BCUT2D eigenvalue weighted by Gasteiger charge is -2.27. The van der Waals surface area contributed by atoms with Gasteiger partial charge in [0.25, 0.3) is 0 Å². The van der Waals surface area contributed by atoms with Crippen molar-refractivity contribution in [3.8, 4) is 0 Å². The molecule has 1 amide bonds. The van der Waals surface area contributed by atoms with E-state index >= 15 is 0 Å². The van der Waals surface area contributed by atoms with Crippen LogP contribution in [0.15, 0.2) is 12.2 Å². The zero-order valence-corrected chi connectivity index (χ0v) is 32.7. The Hall–Kier alpha value is -0.950. The van der Waals surface area contributed by atoms with Crippen LogP contribution in [-0.2, 0) is 4.79 Å².